The average Bonchev–Trinajstić information content (AvgIpc) is 3.10. The number of carbonyl (C=O) groups excluding carboxylic acids is 1. The molecule has 1 heterocycles. The van der Waals surface area contributed by atoms with E-state index in [1.165, 1.54) is 6.07 Å². The molecule has 0 unspecified atom stereocenters. The molecule has 0 spiro atoms. The lowest BCUT2D eigenvalue weighted by molar-refractivity contribution is -0.118. The van der Waals surface area contributed by atoms with Crippen LogP contribution in [0.4, 0.5) is 5.69 Å². The number of benzene rings is 3. The van der Waals surface area contributed by atoms with Crippen LogP contribution in [0.3, 0.4) is 0 Å². The fourth-order valence-electron chi connectivity index (χ4n) is 2.82. The molecule has 4 rings (SSSR count). The average molecular weight is 500 g/mol. The highest BCUT2D eigenvalue weighted by molar-refractivity contribution is 14.1. The molecule has 1 aromatic heterocycles. The third-order valence-corrected chi connectivity index (χ3v) is 4.96. The Labute approximate surface area is 180 Å². The topological polar surface area (TPSA) is 84.6 Å². The van der Waals surface area contributed by atoms with E-state index in [0.29, 0.717) is 28.5 Å². The van der Waals surface area contributed by atoms with E-state index in [9.17, 15) is 9.90 Å². The van der Waals surface area contributed by atoms with Gasteiger partial charge in [0.25, 0.3) is 5.91 Å². The number of rotatable bonds is 5. The Morgan fingerprint density at radius 3 is 2.69 bits per heavy atom. The van der Waals surface area contributed by atoms with Crippen molar-refractivity contribution in [2.45, 2.75) is 6.92 Å². The lowest BCUT2D eigenvalue weighted by atomic mass is 10.2. The zero-order chi connectivity index (χ0) is 20.4. The number of fused-ring (bicyclic) bond motifs is 1. The van der Waals surface area contributed by atoms with Gasteiger partial charge in [-0.3, -0.25) is 4.79 Å². The van der Waals surface area contributed by atoms with Gasteiger partial charge in [-0.1, -0.05) is 6.07 Å². The van der Waals surface area contributed by atoms with Gasteiger partial charge in [0.2, 0.25) is 5.89 Å². The monoisotopic (exact) mass is 500 g/mol. The number of carbonyl (C=O) groups is 1. The molecule has 0 atom stereocenters. The molecule has 0 bridgehead atoms. The number of hydrogen-bond acceptors (Lipinski definition) is 5. The molecular formula is C22H17IN2O4. The van der Waals surface area contributed by atoms with Gasteiger partial charge in [-0.05, 0) is 83.6 Å². The summed E-state index contributed by atoms with van der Waals surface area (Å²) >= 11 is 2.20. The maximum absolute atomic E-state index is 12.1. The summed E-state index contributed by atoms with van der Waals surface area (Å²) in [4.78, 5) is 16.5. The summed E-state index contributed by atoms with van der Waals surface area (Å²) in [7, 11) is 0. The van der Waals surface area contributed by atoms with Crippen LogP contribution < -0.4 is 10.1 Å². The van der Waals surface area contributed by atoms with Crippen molar-refractivity contribution >= 4 is 45.3 Å². The van der Waals surface area contributed by atoms with Crippen LogP contribution in [0.25, 0.3) is 22.6 Å². The van der Waals surface area contributed by atoms with Gasteiger partial charge in [0.05, 0.1) is 5.56 Å². The minimum absolute atomic E-state index is 0.0374. The van der Waals surface area contributed by atoms with E-state index >= 15 is 0 Å². The van der Waals surface area contributed by atoms with E-state index in [-0.39, 0.29) is 18.3 Å². The zero-order valence-corrected chi connectivity index (χ0v) is 17.6. The van der Waals surface area contributed by atoms with Crippen molar-refractivity contribution in [3.05, 3.63) is 69.8 Å². The standard InChI is InChI=1S/C22H17IN2O4/c1-13-2-9-20-18(10-13)25-22(29-20)17-8-5-15(11-19(17)26)24-21(27)12-28-16-6-3-14(23)4-7-16/h2-11,26H,12H2,1H3,(H,24,27). The molecule has 6 nitrogen and oxygen atoms in total. The molecule has 2 N–H and O–H groups in total. The van der Waals surface area contributed by atoms with Crippen LogP contribution in [0.15, 0.2) is 65.1 Å². The van der Waals surface area contributed by atoms with E-state index in [4.69, 9.17) is 9.15 Å². The minimum atomic E-state index is -0.326. The molecule has 0 saturated carbocycles. The highest BCUT2D eigenvalue weighted by Crippen LogP contribution is 2.33. The molecule has 0 aliphatic carbocycles. The SMILES string of the molecule is Cc1ccc2oc(-c3ccc(NC(=O)COc4ccc(I)cc4)cc3O)nc2c1. The highest BCUT2D eigenvalue weighted by atomic mass is 127. The van der Waals surface area contributed by atoms with Crippen LogP contribution >= 0.6 is 22.6 Å². The Balaban J connectivity index is 1.44. The molecule has 0 aliphatic heterocycles. The van der Waals surface area contributed by atoms with Crippen molar-refractivity contribution in [3.63, 3.8) is 0 Å². The van der Waals surface area contributed by atoms with Gasteiger partial charge in [0, 0.05) is 15.3 Å². The molecule has 1 amide bonds. The van der Waals surface area contributed by atoms with Gasteiger partial charge in [-0.25, -0.2) is 4.98 Å². The Hall–Kier alpha value is -3.07. The Kier molecular flexibility index (Phi) is 5.39. The van der Waals surface area contributed by atoms with Crippen LogP contribution in [0, 0.1) is 10.5 Å². The van der Waals surface area contributed by atoms with Gasteiger partial charge in [0.15, 0.2) is 12.2 Å². The molecule has 7 heteroatoms. The fraction of sp³-hybridized carbons (Fsp3) is 0.0909. The van der Waals surface area contributed by atoms with Gasteiger partial charge in [-0.2, -0.15) is 0 Å². The van der Waals surface area contributed by atoms with Crippen molar-refractivity contribution in [2.24, 2.45) is 0 Å². The number of aromatic nitrogens is 1. The van der Waals surface area contributed by atoms with Crippen molar-refractivity contribution < 1.29 is 19.1 Å². The molecule has 0 fully saturated rings. The summed E-state index contributed by atoms with van der Waals surface area (Å²) in [5, 5.41) is 13.1. The number of nitrogens with zero attached hydrogens (tertiary/aromatic N) is 1. The second-order valence-electron chi connectivity index (χ2n) is 6.51. The van der Waals surface area contributed by atoms with Crippen molar-refractivity contribution in [1.82, 2.24) is 4.98 Å². The number of aromatic hydroxyl groups is 1. The van der Waals surface area contributed by atoms with E-state index in [2.05, 4.69) is 32.9 Å². The molecule has 0 radical (unpaired) electrons. The van der Waals surface area contributed by atoms with E-state index in [1.54, 1.807) is 24.3 Å². The number of ether oxygens (including phenoxy) is 1. The lowest BCUT2D eigenvalue weighted by Crippen LogP contribution is -2.20. The summed E-state index contributed by atoms with van der Waals surface area (Å²) in [6.07, 6.45) is 0. The van der Waals surface area contributed by atoms with E-state index < -0.39 is 0 Å². The van der Waals surface area contributed by atoms with Crippen LogP contribution in [0.1, 0.15) is 5.56 Å². The maximum Gasteiger partial charge on any atom is 0.262 e. The van der Waals surface area contributed by atoms with Gasteiger partial charge in [0.1, 0.15) is 17.0 Å². The number of halogens is 1. The normalized spacial score (nSPS) is 10.8. The first-order chi connectivity index (χ1) is 14.0. The summed E-state index contributed by atoms with van der Waals surface area (Å²) in [5.74, 6) is 0.575. The van der Waals surface area contributed by atoms with E-state index in [0.717, 1.165) is 14.7 Å². The number of aryl methyl sites for hydroxylation is 1. The first-order valence-electron chi connectivity index (χ1n) is 8.87. The summed E-state index contributed by atoms with van der Waals surface area (Å²) in [6.45, 7) is 1.85. The number of anilines is 1. The van der Waals surface area contributed by atoms with Crippen LogP contribution in [-0.4, -0.2) is 22.6 Å². The van der Waals surface area contributed by atoms with E-state index in [1.807, 2.05) is 37.3 Å². The predicted octanol–water partition coefficient (Wildman–Crippen LogP) is 5.13. The minimum Gasteiger partial charge on any atom is -0.507 e. The second kappa shape index (κ2) is 8.12. The fourth-order valence-corrected chi connectivity index (χ4v) is 3.18. The number of hydrogen-bond donors (Lipinski definition) is 2. The molecular weight excluding hydrogens is 483 g/mol. The van der Waals surface area contributed by atoms with Crippen molar-refractivity contribution in [2.75, 3.05) is 11.9 Å². The highest BCUT2D eigenvalue weighted by Gasteiger charge is 2.14. The second-order valence-corrected chi connectivity index (χ2v) is 7.76. The Bertz CT molecular complexity index is 1190. The number of amides is 1. The molecule has 146 valence electrons. The predicted molar refractivity (Wildman–Crippen MR) is 119 cm³/mol. The largest absolute Gasteiger partial charge is 0.507 e. The number of nitrogens with one attached hydrogen (secondary N) is 1. The maximum atomic E-state index is 12.1. The molecule has 3 aromatic carbocycles. The number of phenolic OH excluding ortho intramolecular Hbond substituents is 1. The van der Waals surface area contributed by atoms with Crippen LogP contribution in [0.2, 0.25) is 0 Å². The number of oxazole rings is 1. The Morgan fingerprint density at radius 2 is 1.93 bits per heavy atom. The number of phenols is 1. The molecule has 4 aromatic rings. The van der Waals surface area contributed by atoms with Gasteiger partial charge >= 0.3 is 0 Å². The summed E-state index contributed by atoms with van der Waals surface area (Å²) < 4.78 is 12.3. The lowest BCUT2D eigenvalue weighted by Gasteiger charge is -2.09. The molecule has 0 saturated heterocycles. The third kappa shape index (κ3) is 4.51. The first kappa shape index (κ1) is 19.3. The van der Waals surface area contributed by atoms with Gasteiger partial charge in [-0.15, -0.1) is 0 Å². The van der Waals surface area contributed by atoms with Crippen molar-refractivity contribution in [1.29, 1.82) is 0 Å². The van der Waals surface area contributed by atoms with Gasteiger partial charge < -0.3 is 19.6 Å². The van der Waals surface area contributed by atoms with Crippen LogP contribution in [0.5, 0.6) is 11.5 Å². The smallest absolute Gasteiger partial charge is 0.262 e. The summed E-state index contributed by atoms with van der Waals surface area (Å²) in [5.41, 5.74) is 3.35. The quantitative estimate of drug-likeness (QED) is 0.372. The Morgan fingerprint density at radius 1 is 1.14 bits per heavy atom. The molecule has 0 aliphatic rings. The van der Waals surface area contributed by atoms with Crippen molar-refractivity contribution in [3.8, 4) is 23.0 Å². The third-order valence-electron chi connectivity index (χ3n) is 4.24. The van der Waals surface area contributed by atoms with Crippen LogP contribution in [-0.2, 0) is 4.79 Å². The molecule has 29 heavy (non-hydrogen) atoms. The summed E-state index contributed by atoms with van der Waals surface area (Å²) in [6, 6.07) is 17.9. The zero-order valence-electron chi connectivity index (χ0n) is 15.5. The first-order valence-corrected chi connectivity index (χ1v) is 9.94.